The molecule has 0 spiro atoms. The molecule has 1 atom stereocenters. The van der Waals surface area contributed by atoms with E-state index < -0.39 is 17.9 Å². The molecular weight excluding hydrogens is 491 g/mol. The average molecular weight is 535 g/mol. The molecule has 0 fully saturated rings. The van der Waals surface area contributed by atoms with Crippen molar-refractivity contribution >= 4 is 29.5 Å². The molecule has 204 valence electrons. The summed E-state index contributed by atoms with van der Waals surface area (Å²) in [7, 11) is 0. The van der Waals surface area contributed by atoms with Crippen molar-refractivity contribution < 1.29 is 39.8 Å². The molecule has 0 aliphatic carbocycles. The SMILES string of the molecule is CSCC[C@H](NC(=O)c1ccc(CCC(=O)NCC(C)(C)CC(C)C)cc1-c1ccccc1C)C(=O)O.[H-].[Li+]. The van der Waals surface area contributed by atoms with Crippen LogP contribution in [0.1, 0.15) is 69.9 Å². The van der Waals surface area contributed by atoms with Crippen molar-refractivity contribution in [1.82, 2.24) is 10.6 Å². The first kappa shape index (κ1) is 33.8. The number of hydrogen-bond acceptors (Lipinski definition) is 4. The van der Waals surface area contributed by atoms with E-state index in [0.29, 0.717) is 43.0 Å². The van der Waals surface area contributed by atoms with E-state index in [-0.39, 0.29) is 31.6 Å². The Kier molecular flexibility index (Phi) is 14.3. The Balaban J connectivity index is 0.00000722. The third kappa shape index (κ3) is 10.9. The fourth-order valence-electron chi connectivity index (χ4n) is 4.63. The van der Waals surface area contributed by atoms with Crippen LogP contribution in [0.15, 0.2) is 42.5 Å². The maximum absolute atomic E-state index is 13.2. The van der Waals surface area contributed by atoms with E-state index >= 15 is 0 Å². The van der Waals surface area contributed by atoms with E-state index in [0.717, 1.165) is 28.7 Å². The van der Waals surface area contributed by atoms with Gasteiger partial charge in [-0.1, -0.05) is 64.1 Å². The molecule has 0 aliphatic rings. The molecule has 2 aromatic carbocycles. The minimum atomic E-state index is -1.04. The van der Waals surface area contributed by atoms with Gasteiger partial charge < -0.3 is 17.2 Å². The predicted octanol–water partition coefficient (Wildman–Crippen LogP) is 2.84. The van der Waals surface area contributed by atoms with Gasteiger partial charge in [0, 0.05) is 18.5 Å². The zero-order valence-corrected chi connectivity index (χ0v) is 24.8. The first-order valence-corrected chi connectivity index (χ1v) is 14.3. The fourth-order valence-corrected chi connectivity index (χ4v) is 5.10. The molecule has 3 N–H and O–H groups in total. The molecule has 0 aromatic heterocycles. The van der Waals surface area contributed by atoms with Crippen molar-refractivity contribution in [2.24, 2.45) is 11.3 Å². The van der Waals surface area contributed by atoms with Crippen molar-refractivity contribution in [2.75, 3.05) is 18.6 Å². The van der Waals surface area contributed by atoms with Gasteiger partial charge in [0.25, 0.3) is 5.91 Å². The van der Waals surface area contributed by atoms with Gasteiger partial charge in [-0.05, 0) is 77.8 Å². The predicted molar refractivity (Wildman–Crippen MR) is 154 cm³/mol. The molecule has 0 unspecified atom stereocenters. The molecule has 0 radical (unpaired) electrons. The smallest absolute Gasteiger partial charge is 1.00 e. The van der Waals surface area contributed by atoms with Crippen LogP contribution in [0.3, 0.4) is 0 Å². The maximum atomic E-state index is 13.2. The van der Waals surface area contributed by atoms with E-state index in [1.54, 1.807) is 17.8 Å². The Morgan fingerprint density at radius 1 is 1.08 bits per heavy atom. The van der Waals surface area contributed by atoms with Crippen molar-refractivity contribution in [2.45, 2.75) is 66.3 Å². The second kappa shape index (κ2) is 16.0. The minimum absolute atomic E-state index is 0. The van der Waals surface area contributed by atoms with Crippen LogP contribution in [0.5, 0.6) is 0 Å². The van der Waals surface area contributed by atoms with Gasteiger partial charge in [-0.15, -0.1) is 0 Å². The van der Waals surface area contributed by atoms with Crippen LogP contribution in [0.2, 0.25) is 0 Å². The molecule has 2 aromatic rings. The van der Waals surface area contributed by atoms with Crippen LogP contribution in [-0.2, 0) is 16.0 Å². The minimum Gasteiger partial charge on any atom is -1.00 e. The van der Waals surface area contributed by atoms with E-state index in [1.807, 2.05) is 49.6 Å². The summed E-state index contributed by atoms with van der Waals surface area (Å²) in [6.07, 6.45) is 4.19. The normalized spacial score (nSPS) is 12.0. The van der Waals surface area contributed by atoms with Crippen LogP contribution >= 0.6 is 11.8 Å². The average Bonchev–Trinajstić information content (AvgIpc) is 2.83. The Morgan fingerprint density at radius 2 is 1.76 bits per heavy atom. The fraction of sp³-hybridized carbons (Fsp3) is 0.500. The van der Waals surface area contributed by atoms with Gasteiger partial charge in [0.15, 0.2) is 0 Å². The Bertz CT molecular complexity index is 1090. The third-order valence-corrected chi connectivity index (χ3v) is 6.99. The number of rotatable bonds is 14. The number of benzene rings is 2. The van der Waals surface area contributed by atoms with E-state index in [1.165, 1.54) is 0 Å². The largest absolute Gasteiger partial charge is 1.00 e. The van der Waals surface area contributed by atoms with Gasteiger partial charge in [0.05, 0.1) is 0 Å². The van der Waals surface area contributed by atoms with Gasteiger partial charge in [0.2, 0.25) is 5.91 Å². The van der Waals surface area contributed by atoms with Crippen LogP contribution in [0, 0.1) is 18.3 Å². The van der Waals surface area contributed by atoms with Crippen LogP contribution in [-0.4, -0.2) is 47.5 Å². The molecule has 0 bridgehead atoms. The molecule has 2 rings (SSSR count). The Morgan fingerprint density at radius 3 is 2.37 bits per heavy atom. The zero-order chi connectivity index (χ0) is 27.6. The topological polar surface area (TPSA) is 95.5 Å². The van der Waals surface area contributed by atoms with E-state index in [9.17, 15) is 19.5 Å². The molecule has 0 saturated heterocycles. The molecule has 0 heterocycles. The zero-order valence-electron chi connectivity index (χ0n) is 25.0. The van der Waals surface area contributed by atoms with Crippen molar-refractivity contribution in [3.05, 3.63) is 59.2 Å². The van der Waals surface area contributed by atoms with Gasteiger partial charge in [-0.3, -0.25) is 9.59 Å². The molecule has 6 nitrogen and oxygen atoms in total. The number of aliphatic carboxylic acids is 1. The molecule has 0 saturated carbocycles. The third-order valence-electron chi connectivity index (χ3n) is 6.34. The standard InChI is InChI=1S/C30H42N2O4S.Li.H/c1-20(2)18-30(4,5)19-31-27(33)14-12-22-11-13-24(25(17-22)23-10-8-7-9-21(23)3)28(34)32-26(29(35)36)15-16-37-6;;/h7-11,13,17,20,26H,12,14-16,18-19H2,1-6H3,(H,31,33)(H,32,34)(H,35,36);;/q;+1;-1/t26-;;/m0../s1. The van der Waals surface area contributed by atoms with Crippen LogP contribution in [0.4, 0.5) is 0 Å². The summed E-state index contributed by atoms with van der Waals surface area (Å²) in [5.74, 6) is -0.243. The quantitative estimate of drug-likeness (QED) is 0.324. The summed E-state index contributed by atoms with van der Waals surface area (Å²) in [6.45, 7) is 11.3. The first-order valence-electron chi connectivity index (χ1n) is 12.9. The first-order chi connectivity index (χ1) is 17.4. The van der Waals surface area contributed by atoms with E-state index in [4.69, 9.17) is 0 Å². The molecule has 38 heavy (non-hydrogen) atoms. The number of carboxylic acids is 1. The number of amides is 2. The summed E-state index contributed by atoms with van der Waals surface area (Å²) in [4.78, 5) is 37.5. The second-order valence-electron chi connectivity index (χ2n) is 10.9. The van der Waals surface area contributed by atoms with Gasteiger partial charge in [-0.25, -0.2) is 4.79 Å². The van der Waals surface area contributed by atoms with Crippen LogP contribution < -0.4 is 29.5 Å². The monoisotopic (exact) mass is 534 g/mol. The molecule has 0 aliphatic heterocycles. The number of nitrogens with one attached hydrogen (secondary N) is 2. The summed E-state index contributed by atoms with van der Waals surface area (Å²) < 4.78 is 0. The summed E-state index contributed by atoms with van der Waals surface area (Å²) in [6, 6.07) is 12.4. The summed E-state index contributed by atoms with van der Waals surface area (Å²) >= 11 is 1.54. The van der Waals surface area contributed by atoms with E-state index in [2.05, 4.69) is 38.3 Å². The van der Waals surface area contributed by atoms with Crippen molar-refractivity contribution in [3.63, 3.8) is 0 Å². The van der Waals surface area contributed by atoms with Crippen LogP contribution in [0.25, 0.3) is 11.1 Å². The van der Waals surface area contributed by atoms with Gasteiger partial charge in [0.1, 0.15) is 6.04 Å². The van der Waals surface area contributed by atoms with Gasteiger partial charge >= 0.3 is 24.8 Å². The second-order valence-corrected chi connectivity index (χ2v) is 11.9. The number of aryl methyl sites for hydroxylation is 2. The molecule has 2 amide bonds. The number of thioether (sulfide) groups is 1. The number of hydrogen-bond donors (Lipinski definition) is 3. The number of carbonyl (C=O) groups excluding carboxylic acids is 2. The number of carboxylic acid groups (broad SMARTS) is 1. The number of carbonyl (C=O) groups is 3. The summed E-state index contributed by atoms with van der Waals surface area (Å²) in [5, 5.41) is 15.3. The Hall–Kier alpha value is -2.20. The maximum Gasteiger partial charge on any atom is 1.00 e. The molecule has 8 heteroatoms. The molecular formula is C30H43LiN2O4S. The van der Waals surface area contributed by atoms with Crippen molar-refractivity contribution in [1.29, 1.82) is 0 Å². The van der Waals surface area contributed by atoms with Gasteiger partial charge in [-0.2, -0.15) is 11.8 Å². The van der Waals surface area contributed by atoms with Crippen molar-refractivity contribution in [3.8, 4) is 11.1 Å². The summed E-state index contributed by atoms with van der Waals surface area (Å²) in [5.41, 5.74) is 4.07. The Labute approximate surface area is 245 Å².